The van der Waals surface area contributed by atoms with Crippen LogP contribution >= 0.6 is 0 Å². The lowest BCUT2D eigenvalue weighted by Gasteiger charge is -2.25. The molecule has 0 spiro atoms. The zero-order valence-corrected chi connectivity index (χ0v) is 8.65. The van der Waals surface area contributed by atoms with Crippen molar-refractivity contribution in [3.63, 3.8) is 0 Å². The van der Waals surface area contributed by atoms with Gasteiger partial charge in [-0.3, -0.25) is 4.18 Å². The molecule has 0 saturated heterocycles. The quantitative estimate of drug-likeness (QED) is 0.660. The number of rotatable bonds is 5. The van der Waals surface area contributed by atoms with E-state index in [1.54, 1.807) is 6.92 Å². The molecular weight excluding hydrogens is 178 g/mol. The molecule has 1 atom stereocenters. The van der Waals surface area contributed by atoms with Gasteiger partial charge in [0.05, 0.1) is 7.11 Å². The van der Waals surface area contributed by atoms with Gasteiger partial charge < -0.3 is 5.73 Å². The molecule has 0 saturated carbocycles. The Morgan fingerprint density at radius 1 is 1.42 bits per heavy atom. The monoisotopic (exact) mass is 195 g/mol. The van der Waals surface area contributed by atoms with Gasteiger partial charge in [-0.25, -0.2) is 0 Å². The molecule has 2 N–H and O–H groups in total. The first-order valence-electron chi connectivity index (χ1n) is 4.02. The highest BCUT2D eigenvalue weighted by atomic mass is 32.2. The predicted molar refractivity (Wildman–Crippen MR) is 48.0 cm³/mol. The SMILES string of the molecule is CCCC(N)(CC)S(=O)(=O)OC. The van der Waals surface area contributed by atoms with Crippen LogP contribution in [0.25, 0.3) is 0 Å². The van der Waals surface area contributed by atoms with E-state index in [2.05, 4.69) is 4.18 Å². The van der Waals surface area contributed by atoms with Crippen molar-refractivity contribution in [2.75, 3.05) is 7.11 Å². The van der Waals surface area contributed by atoms with Crippen molar-refractivity contribution in [2.45, 2.75) is 38.0 Å². The van der Waals surface area contributed by atoms with Gasteiger partial charge in [-0.1, -0.05) is 20.3 Å². The molecule has 0 aliphatic carbocycles. The topological polar surface area (TPSA) is 69.4 Å². The molecular formula is C7H17NO3S. The predicted octanol–water partition coefficient (Wildman–Crippen LogP) is 0.828. The van der Waals surface area contributed by atoms with Crippen molar-refractivity contribution in [1.29, 1.82) is 0 Å². The van der Waals surface area contributed by atoms with Crippen LogP contribution in [0.4, 0.5) is 0 Å². The van der Waals surface area contributed by atoms with E-state index in [9.17, 15) is 8.42 Å². The van der Waals surface area contributed by atoms with E-state index in [1.165, 1.54) is 0 Å². The maximum absolute atomic E-state index is 11.3. The van der Waals surface area contributed by atoms with Crippen LogP contribution in [-0.2, 0) is 14.3 Å². The minimum absolute atomic E-state index is 0.372. The average molecular weight is 195 g/mol. The maximum atomic E-state index is 11.3. The van der Waals surface area contributed by atoms with Gasteiger partial charge in [-0.05, 0) is 12.8 Å². The summed E-state index contributed by atoms with van der Waals surface area (Å²) < 4.78 is 27.0. The van der Waals surface area contributed by atoms with E-state index in [1.807, 2.05) is 6.92 Å². The summed E-state index contributed by atoms with van der Waals surface area (Å²) >= 11 is 0. The van der Waals surface area contributed by atoms with Crippen LogP contribution < -0.4 is 5.73 Å². The summed E-state index contributed by atoms with van der Waals surface area (Å²) in [6.45, 7) is 3.63. The molecule has 0 bridgehead atoms. The maximum Gasteiger partial charge on any atom is 0.285 e. The Morgan fingerprint density at radius 3 is 2.17 bits per heavy atom. The van der Waals surface area contributed by atoms with E-state index in [-0.39, 0.29) is 0 Å². The highest BCUT2D eigenvalue weighted by molar-refractivity contribution is 7.88. The molecule has 0 aliphatic heterocycles. The Labute approximate surface area is 74.2 Å². The van der Waals surface area contributed by atoms with Crippen LogP contribution in [0, 0.1) is 0 Å². The fourth-order valence-corrected chi connectivity index (χ4v) is 2.21. The van der Waals surface area contributed by atoms with E-state index in [0.717, 1.165) is 13.5 Å². The van der Waals surface area contributed by atoms with Crippen LogP contribution in [0.2, 0.25) is 0 Å². The van der Waals surface area contributed by atoms with Crippen LogP contribution in [-0.4, -0.2) is 20.4 Å². The lowest BCUT2D eigenvalue weighted by Crippen LogP contribution is -2.47. The Bertz CT molecular complexity index is 225. The normalized spacial score (nSPS) is 17.3. The molecule has 1 unspecified atom stereocenters. The van der Waals surface area contributed by atoms with Crippen molar-refractivity contribution < 1.29 is 12.6 Å². The zero-order chi connectivity index (χ0) is 9.83. The first kappa shape index (κ1) is 11.9. The number of nitrogens with two attached hydrogens (primary N) is 1. The van der Waals surface area contributed by atoms with E-state index in [0.29, 0.717) is 12.8 Å². The Balaban J connectivity index is 4.75. The van der Waals surface area contributed by atoms with Crippen molar-refractivity contribution in [3.05, 3.63) is 0 Å². The largest absolute Gasteiger partial charge is 0.311 e. The summed E-state index contributed by atoms with van der Waals surface area (Å²) in [7, 11) is -2.45. The summed E-state index contributed by atoms with van der Waals surface area (Å²) in [5.74, 6) is 0. The molecule has 4 nitrogen and oxygen atoms in total. The molecule has 12 heavy (non-hydrogen) atoms. The fraction of sp³-hybridized carbons (Fsp3) is 1.00. The van der Waals surface area contributed by atoms with Gasteiger partial charge in [-0.15, -0.1) is 0 Å². The van der Waals surface area contributed by atoms with Gasteiger partial charge in [-0.2, -0.15) is 8.42 Å². The van der Waals surface area contributed by atoms with Crippen molar-refractivity contribution in [1.82, 2.24) is 0 Å². The highest BCUT2D eigenvalue weighted by Crippen LogP contribution is 2.22. The zero-order valence-electron chi connectivity index (χ0n) is 7.83. The minimum atomic E-state index is -3.59. The Hall–Kier alpha value is -0.130. The van der Waals surface area contributed by atoms with Gasteiger partial charge in [0.1, 0.15) is 4.87 Å². The summed E-state index contributed by atoms with van der Waals surface area (Å²) in [6.07, 6.45) is 1.53. The third-order valence-electron chi connectivity index (χ3n) is 1.99. The molecule has 5 heteroatoms. The van der Waals surface area contributed by atoms with Gasteiger partial charge >= 0.3 is 0 Å². The van der Waals surface area contributed by atoms with Gasteiger partial charge in [0.25, 0.3) is 10.1 Å². The second kappa shape index (κ2) is 4.20. The van der Waals surface area contributed by atoms with Crippen molar-refractivity contribution >= 4 is 10.1 Å². The van der Waals surface area contributed by atoms with E-state index < -0.39 is 15.0 Å². The molecule has 0 fully saturated rings. The Morgan fingerprint density at radius 2 is 1.92 bits per heavy atom. The number of hydrogen-bond acceptors (Lipinski definition) is 4. The van der Waals surface area contributed by atoms with Crippen molar-refractivity contribution in [3.8, 4) is 0 Å². The lowest BCUT2D eigenvalue weighted by molar-refractivity contribution is 0.348. The highest BCUT2D eigenvalue weighted by Gasteiger charge is 2.37. The van der Waals surface area contributed by atoms with Gasteiger partial charge in [0.2, 0.25) is 0 Å². The molecule has 74 valence electrons. The second-order valence-electron chi connectivity index (χ2n) is 2.79. The molecule has 0 aromatic heterocycles. The third kappa shape index (κ3) is 2.18. The van der Waals surface area contributed by atoms with Crippen LogP contribution in [0.5, 0.6) is 0 Å². The van der Waals surface area contributed by atoms with E-state index >= 15 is 0 Å². The molecule has 0 aromatic carbocycles. The van der Waals surface area contributed by atoms with Crippen molar-refractivity contribution in [2.24, 2.45) is 5.73 Å². The fourth-order valence-electron chi connectivity index (χ4n) is 1.07. The molecule has 0 radical (unpaired) electrons. The lowest BCUT2D eigenvalue weighted by atomic mass is 10.1. The van der Waals surface area contributed by atoms with Gasteiger partial charge in [0.15, 0.2) is 0 Å². The summed E-state index contributed by atoms with van der Waals surface area (Å²) in [5, 5.41) is 0. The molecule has 0 heterocycles. The molecule has 0 amide bonds. The third-order valence-corrected chi connectivity index (χ3v) is 3.92. The molecule has 0 aromatic rings. The molecule has 0 rings (SSSR count). The van der Waals surface area contributed by atoms with Gasteiger partial charge in [0, 0.05) is 0 Å². The number of hydrogen-bond donors (Lipinski definition) is 1. The Kier molecular flexibility index (Phi) is 4.16. The average Bonchev–Trinajstić information content (AvgIpc) is 2.04. The standard InChI is InChI=1S/C7H17NO3S/c1-4-6-7(8,5-2)12(9,10)11-3/h4-6,8H2,1-3H3. The molecule has 0 aliphatic rings. The summed E-state index contributed by atoms with van der Waals surface area (Å²) in [6, 6.07) is 0. The van der Waals surface area contributed by atoms with Crippen LogP contribution in [0.3, 0.4) is 0 Å². The van der Waals surface area contributed by atoms with E-state index in [4.69, 9.17) is 5.73 Å². The summed E-state index contributed by atoms with van der Waals surface area (Å²) in [5.41, 5.74) is 5.68. The first-order valence-corrected chi connectivity index (χ1v) is 5.43. The smallest absolute Gasteiger partial charge is 0.285 e. The van der Waals surface area contributed by atoms with Crippen LogP contribution in [0.1, 0.15) is 33.1 Å². The minimum Gasteiger partial charge on any atom is -0.311 e. The summed E-state index contributed by atoms with van der Waals surface area (Å²) in [4.78, 5) is -1.21. The first-order chi connectivity index (χ1) is 5.43. The second-order valence-corrected chi connectivity index (χ2v) is 4.84. The van der Waals surface area contributed by atoms with Crippen LogP contribution in [0.15, 0.2) is 0 Å².